The third kappa shape index (κ3) is 5.79. The molecular formula is C16H27N4OS+. The number of hydrogen-bond acceptors (Lipinski definition) is 3. The van der Waals surface area contributed by atoms with Gasteiger partial charge >= 0.3 is 0 Å². The Morgan fingerprint density at radius 3 is 2.55 bits per heavy atom. The molecule has 0 radical (unpaired) electrons. The van der Waals surface area contributed by atoms with Gasteiger partial charge in [0.15, 0.2) is 5.11 Å². The fourth-order valence-corrected chi connectivity index (χ4v) is 2.62. The highest BCUT2D eigenvalue weighted by atomic mass is 32.1. The van der Waals surface area contributed by atoms with Crippen LogP contribution in [0.4, 0.5) is 11.4 Å². The van der Waals surface area contributed by atoms with Crippen LogP contribution in [0.15, 0.2) is 24.3 Å². The van der Waals surface area contributed by atoms with E-state index in [-0.39, 0.29) is 0 Å². The first-order chi connectivity index (χ1) is 10.6. The monoisotopic (exact) mass is 323 g/mol. The predicted molar refractivity (Wildman–Crippen MR) is 96.0 cm³/mol. The van der Waals surface area contributed by atoms with E-state index < -0.39 is 0 Å². The SMILES string of the molecule is C[NH+](C)CCCNC(=S)Nc1ccc(N2CCOCC2)cc1. The molecule has 0 aromatic heterocycles. The number of quaternary nitrogens is 1. The summed E-state index contributed by atoms with van der Waals surface area (Å²) < 4.78 is 5.38. The average molecular weight is 323 g/mol. The molecule has 6 heteroatoms. The van der Waals surface area contributed by atoms with Gasteiger partial charge in [-0.1, -0.05) is 0 Å². The van der Waals surface area contributed by atoms with Gasteiger partial charge in [0.1, 0.15) is 0 Å². The Hall–Kier alpha value is -1.37. The second-order valence-electron chi connectivity index (χ2n) is 5.84. The van der Waals surface area contributed by atoms with Crippen molar-refractivity contribution in [2.24, 2.45) is 0 Å². The maximum atomic E-state index is 5.38. The van der Waals surface area contributed by atoms with Crippen LogP contribution in [0.5, 0.6) is 0 Å². The van der Waals surface area contributed by atoms with E-state index in [1.807, 2.05) is 0 Å². The molecule has 2 rings (SSSR count). The largest absolute Gasteiger partial charge is 0.378 e. The summed E-state index contributed by atoms with van der Waals surface area (Å²) in [5.74, 6) is 0. The smallest absolute Gasteiger partial charge is 0.170 e. The first-order valence-electron chi connectivity index (χ1n) is 7.92. The number of benzene rings is 1. The normalized spacial score (nSPS) is 15.0. The highest BCUT2D eigenvalue weighted by Gasteiger charge is 2.10. The van der Waals surface area contributed by atoms with Crippen LogP contribution in [0.25, 0.3) is 0 Å². The maximum absolute atomic E-state index is 5.38. The lowest BCUT2D eigenvalue weighted by Crippen LogP contribution is -3.05. The van der Waals surface area contributed by atoms with E-state index in [4.69, 9.17) is 17.0 Å². The molecule has 1 fully saturated rings. The molecule has 1 aliphatic heterocycles. The van der Waals surface area contributed by atoms with Crippen LogP contribution in [-0.4, -0.2) is 58.6 Å². The van der Waals surface area contributed by atoms with E-state index in [1.165, 1.54) is 10.6 Å². The Labute approximate surface area is 138 Å². The summed E-state index contributed by atoms with van der Waals surface area (Å²) in [4.78, 5) is 3.80. The molecule has 0 aliphatic carbocycles. The highest BCUT2D eigenvalue weighted by Crippen LogP contribution is 2.18. The fourth-order valence-electron chi connectivity index (χ4n) is 2.40. The number of morpholine rings is 1. The van der Waals surface area contributed by atoms with Crippen molar-refractivity contribution in [1.82, 2.24) is 5.32 Å². The summed E-state index contributed by atoms with van der Waals surface area (Å²) in [6, 6.07) is 8.41. The van der Waals surface area contributed by atoms with Crippen molar-refractivity contribution in [2.45, 2.75) is 6.42 Å². The quantitative estimate of drug-likeness (QED) is 0.520. The second-order valence-corrected chi connectivity index (χ2v) is 6.25. The minimum Gasteiger partial charge on any atom is -0.378 e. The molecule has 5 nitrogen and oxygen atoms in total. The van der Waals surface area contributed by atoms with Gasteiger partial charge in [0.25, 0.3) is 0 Å². The zero-order chi connectivity index (χ0) is 15.8. The molecule has 0 bridgehead atoms. The molecule has 0 spiro atoms. The molecule has 1 aromatic rings. The third-order valence-corrected chi connectivity index (χ3v) is 3.89. The van der Waals surface area contributed by atoms with Crippen LogP contribution in [0.2, 0.25) is 0 Å². The average Bonchev–Trinajstić information content (AvgIpc) is 2.53. The van der Waals surface area contributed by atoms with E-state index in [9.17, 15) is 0 Å². The van der Waals surface area contributed by atoms with E-state index in [0.29, 0.717) is 5.11 Å². The minimum absolute atomic E-state index is 0.688. The van der Waals surface area contributed by atoms with Crippen molar-refractivity contribution < 1.29 is 9.64 Å². The van der Waals surface area contributed by atoms with Crippen LogP contribution >= 0.6 is 12.2 Å². The molecule has 0 atom stereocenters. The Bertz CT molecular complexity index is 458. The second kappa shape index (κ2) is 8.92. The van der Waals surface area contributed by atoms with Gasteiger partial charge in [-0.2, -0.15) is 0 Å². The molecule has 1 aliphatic rings. The lowest BCUT2D eigenvalue weighted by Gasteiger charge is -2.29. The summed E-state index contributed by atoms with van der Waals surface area (Å²) in [7, 11) is 4.32. The lowest BCUT2D eigenvalue weighted by atomic mass is 10.2. The number of thiocarbonyl (C=S) groups is 1. The van der Waals surface area contributed by atoms with Gasteiger partial charge in [-0.15, -0.1) is 0 Å². The summed E-state index contributed by atoms with van der Waals surface area (Å²) >= 11 is 5.32. The van der Waals surface area contributed by atoms with E-state index in [1.54, 1.807) is 0 Å². The number of hydrogen-bond donors (Lipinski definition) is 3. The Kier molecular flexibility index (Phi) is 6.89. The maximum Gasteiger partial charge on any atom is 0.170 e. The van der Waals surface area contributed by atoms with Gasteiger partial charge in [0.2, 0.25) is 0 Å². The molecule has 3 N–H and O–H groups in total. The first kappa shape index (κ1) is 17.0. The molecule has 1 heterocycles. The van der Waals surface area contributed by atoms with Crippen LogP contribution in [-0.2, 0) is 4.74 Å². The lowest BCUT2D eigenvalue weighted by molar-refractivity contribution is -0.858. The van der Waals surface area contributed by atoms with Crippen LogP contribution < -0.4 is 20.4 Å². The van der Waals surface area contributed by atoms with Crippen LogP contribution in [0, 0.1) is 0 Å². The number of rotatable bonds is 6. The summed E-state index contributed by atoms with van der Waals surface area (Å²) in [6.07, 6.45) is 1.11. The van der Waals surface area contributed by atoms with Gasteiger partial charge < -0.3 is 25.2 Å². The Morgan fingerprint density at radius 1 is 1.23 bits per heavy atom. The number of anilines is 2. The summed E-state index contributed by atoms with van der Waals surface area (Å²) in [6.45, 7) is 5.58. The Balaban J connectivity index is 1.74. The highest BCUT2D eigenvalue weighted by molar-refractivity contribution is 7.80. The molecular weight excluding hydrogens is 296 g/mol. The molecule has 1 aromatic carbocycles. The van der Waals surface area contributed by atoms with Gasteiger partial charge in [0, 0.05) is 37.4 Å². The van der Waals surface area contributed by atoms with E-state index in [2.05, 4.69) is 53.9 Å². The summed E-state index contributed by atoms with van der Waals surface area (Å²) in [5.41, 5.74) is 2.26. The van der Waals surface area contributed by atoms with Crippen LogP contribution in [0.1, 0.15) is 6.42 Å². The number of ether oxygens (including phenoxy) is 1. The first-order valence-corrected chi connectivity index (χ1v) is 8.32. The number of nitrogens with one attached hydrogen (secondary N) is 3. The topological polar surface area (TPSA) is 41.0 Å². The standard InChI is InChI=1S/C16H26N4OS/c1-19(2)9-3-8-17-16(22)18-14-4-6-15(7-5-14)20-10-12-21-13-11-20/h4-7H,3,8-13H2,1-2H3,(H2,17,18,22)/p+1. The molecule has 0 amide bonds. The van der Waals surface area contributed by atoms with Crippen molar-refractivity contribution in [1.29, 1.82) is 0 Å². The Morgan fingerprint density at radius 2 is 1.91 bits per heavy atom. The molecule has 22 heavy (non-hydrogen) atoms. The molecule has 0 saturated carbocycles. The molecule has 1 saturated heterocycles. The predicted octanol–water partition coefficient (Wildman–Crippen LogP) is 0.344. The zero-order valence-electron chi connectivity index (χ0n) is 13.5. The van der Waals surface area contributed by atoms with Crippen molar-refractivity contribution in [3.05, 3.63) is 24.3 Å². The molecule has 0 unspecified atom stereocenters. The number of nitrogens with zero attached hydrogens (tertiary/aromatic N) is 1. The van der Waals surface area contributed by atoms with Gasteiger partial charge in [-0.3, -0.25) is 0 Å². The summed E-state index contributed by atoms with van der Waals surface area (Å²) in [5, 5.41) is 7.16. The van der Waals surface area contributed by atoms with Crippen molar-refractivity contribution in [3.63, 3.8) is 0 Å². The zero-order valence-corrected chi connectivity index (χ0v) is 14.3. The van der Waals surface area contributed by atoms with Gasteiger partial charge in [0.05, 0.1) is 33.9 Å². The van der Waals surface area contributed by atoms with Crippen molar-refractivity contribution in [2.75, 3.05) is 63.7 Å². The van der Waals surface area contributed by atoms with Crippen LogP contribution in [0.3, 0.4) is 0 Å². The fraction of sp³-hybridized carbons (Fsp3) is 0.562. The molecule has 122 valence electrons. The van der Waals surface area contributed by atoms with Gasteiger partial charge in [-0.25, -0.2) is 0 Å². The van der Waals surface area contributed by atoms with E-state index >= 15 is 0 Å². The minimum atomic E-state index is 0.688. The van der Waals surface area contributed by atoms with E-state index in [0.717, 1.165) is 51.5 Å². The third-order valence-electron chi connectivity index (χ3n) is 3.64. The van der Waals surface area contributed by atoms with Gasteiger partial charge in [-0.05, 0) is 36.5 Å². The van der Waals surface area contributed by atoms with Crippen molar-refractivity contribution in [3.8, 4) is 0 Å². The van der Waals surface area contributed by atoms with Crippen molar-refractivity contribution >= 4 is 28.7 Å².